The molecule has 2 fully saturated rings. The number of alkyl halides is 3. The minimum atomic E-state index is -4.62. The maximum atomic E-state index is 13.0. The molecule has 0 aromatic carbocycles. The van der Waals surface area contributed by atoms with Crippen LogP contribution in [0.5, 0.6) is 0 Å². The topological polar surface area (TPSA) is 46.5 Å². The fourth-order valence-corrected chi connectivity index (χ4v) is 3.79. The summed E-state index contributed by atoms with van der Waals surface area (Å²) in [6.45, 7) is 5.96. The Morgan fingerprint density at radius 1 is 1.18 bits per heavy atom. The molecule has 5 atom stereocenters. The second-order valence-electron chi connectivity index (χ2n) is 6.95. The molecule has 0 bridgehead atoms. The van der Waals surface area contributed by atoms with Crippen LogP contribution in [0.4, 0.5) is 13.2 Å². The molecule has 22 heavy (non-hydrogen) atoms. The first-order chi connectivity index (χ1) is 10.0. The summed E-state index contributed by atoms with van der Waals surface area (Å²) in [5.41, 5.74) is -2.32. The zero-order chi connectivity index (χ0) is 16.7. The van der Waals surface area contributed by atoms with Crippen molar-refractivity contribution in [3.63, 3.8) is 0 Å². The second-order valence-corrected chi connectivity index (χ2v) is 6.95. The SMILES string of the molecule is C=C(C)C(=O)OC1CC2CCC(C(C)(O)C(F)(F)F)CC2C1. The Labute approximate surface area is 128 Å². The van der Waals surface area contributed by atoms with Crippen molar-refractivity contribution < 1.29 is 27.8 Å². The van der Waals surface area contributed by atoms with Crippen LogP contribution in [0, 0.1) is 17.8 Å². The van der Waals surface area contributed by atoms with Crippen LogP contribution < -0.4 is 0 Å². The number of hydrogen-bond donors (Lipinski definition) is 1. The van der Waals surface area contributed by atoms with Crippen molar-refractivity contribution in [2.45, 2.75) is 63.8 Å². The van der Waals surface area contributed by atoms with Crippen molar-refractivity contribution >= 4 is 5.97 Å². The van der Waals surface area contributed by atoms with Gasteiger partial charge in [-0.15, -0.1) is 0 Å². The highest BCUT2D eigenvalue weighted by Crippen LogP contribution is 2.50. The molecule has 2 aliphatic carbocycles. The van der Waals surface area contributed by atoms with Gasteiger partial charge >= 0.3 is 12.1 Å². The van der Waals surface area contributed by atoms with E-state index in [2.05, 4.69) is 6.58 Å². The molecule has 0 amide bonds. The van der Waals surface area contributed by atoms with Crippen LogP contribution in [0.1, 0.15) is 46.0 Å². The average molecular weight is 320 g/mol. The number of hydrogen-bond acceptors (Lipinski definition) is 3. The van der Waals surface area contributed by atoms with Crippen LogP contribution >= 0.6 is 0 Å². The van der Waals surface area contributed by atoms with Crippen LogP contribution in [-0.2, 0) is 9.53 Å². The van der Waals surface area contributed by atoms with Gasteiger partial charge in [-0.2, -0.15) is 13.2 Å². The molecule has 2 aliphatic rings. The van der Waals surface area contributed by atoms with Gasteiger partial charge in [-0.1, -0.05) is 6.58 Å². The molecule has 0 aliphatic heterocycles. The van der Waals surface area contributed by atoms with E-state index < -0.39 is 23.7 Å². The third kappa shape index (κ3) is 3.31. The van der Waals surface area contributed by atoms with Crippen molar-refractivity contribution in [2.24, 2.45) is 17.8 Å². The molecule has 3 nitrogen and oxygen atoms in total. The largest absolute Gasteiger partial charge is 0.459 e. The molecule has 5 unspecified atom stereocenters. The second kappa shape index (κ2) is 5.87. The maximum Gasteiger partial charge on any atom is 0.417 e. The lowest BCUT2D eigenvalue weighted by molar-refractivity contribution is -0.276. The summed E-state index contributed by atoms with van der Waals surface area (Å²) in [7, 11) is 0. The molecule has 0 spiro atoms. The summed E-state index contributed by atoms with van der Waals surface area (Å²) < 4.78 is 44.2. The number of halogens is 3. The molecule has 0 radical (unpaired) electrons. The Morgan fingerprint density at radius 2 is 1.77 bits per heavy atom. The van der Waals surface area contributed by atoms with Gasteiger partial charge in [-0.05, 0) is 63.7 Å². The van der Waals surface area contributed by atoms with Crippen molar-refractivity contribution in [2.75, 3.05) is 0 Å². The highest BCUT2D eigenvalue weighted by Gasteiger charge is 2.56. The molecular formula is C16H23F3O3. The lowest BCUT2D eigenvalue weighted by Gasteiger charge is -2.40. The summed E-state index contributed by atoms with van der Waals surface area (Å²) in [4.78, 5) is 11.5. The number of carbonyl (C=O) groups is 1. The van der Waals surface area contributed by atoms with E-state index in [4.69, 9.17) is 4.74 Å². The average Bonchev–Trinajstić information content (AvgIpc) is 2.78. The monoisotopic (exact) mass is 320 g/mol. The number of fused-ring (bicyclic) bond motifs is 1. The third-order valence-corrected chi connectivity index (χ3v) is 5.26. The molecule has 1 N–H and O–H groups in total. The first kappa shape index (κ1) is 17.3. The van der Waals surface area contributed by atoms with E-state index in [0.29, 0.717) is 37.7 Å². The first-order valence-electron chi connectivity index (χ1n) is 7.68. The van der Waals surface area contributed by atoms with Gasteiger partial charge in [0.1, 0.15) is 6.10 Å². The van der Waals surface area contributed by atoms with Crippen LogP contribution in [-0.4, -0.2) is 29.0 Å². The summed E-state index contributed by atoms with van der Waals surface area (Å²) in [6, 6.07) is 0. The molecule has 0 heterocycles. The molecule has 0 aromatic heterocycles. The van der Waals surface area contributed by atoms with Gasteiger partial charge in [0, 0.05) is 5.57 Å². The zero-order valence-corrected chi connectivity index (χ0v) is 12.9. The lowest BCUT2D eigenvalue weighted by Crippen LogP contribution is -2.50. The van der Waals surface area contributed by atoms with Gasteiger partial charge in [0.2, 0.25) is 0 Å². The smallest absolute Gasteiger partial charge is 0.417 e. The van der Waals surface area contributed by atoms with E-state index in [-0.39, 0.29) is 17.9 Å². The molecule has 126 valence electrons. The fraction of sp³-hybridized carbons (Fsp3) is 0.812. The van der Waals surface area contributed by atoms with Gasteiger partial charge in [-0.25, -0.2) is 4.79 Å². The van der Waals surface area contributed by atoms with E-state index in [0.717, 1.165) is 6.92 Å². The van der Waals surface area contributed by atoms with Crippen molar-refractivity contribution in [1.82, 2.24) is 0 Å². The van der Waals surface area contributed by atoms with Crippen LogP contribution in [0.25, 0.3) is 0 Å². The van der Waals surface area contributed by atoms with Crippen LogP contribution in [0.3, 0.4) is 0 Å². The predicted octanol–water partition coefficient (Wildman–Crippen LogP) is 3.61. The molecule has 0 saturated heterocycles. The minimum absolute atomic E-state index is 0.0792. The van der Waals surface area contributed by atoms with Gasteiger partial charge in [0.25, 0.3) is 0 Å². The van der Waals surface area contributed by atoms with E-state index >= 15 is 0 Å². The Morgan fingerprint density at radius 3 is 2.32 bits per heavy atom. The number of aliphatic hydroxyl groups is 1. The predicted molar refractivity (Wildman–Crippen MR) is 74.9 cm³/mol. The zero-order valence-electron chi connectivity index (χ0n) is 12.9. The first-order valence-corrected chi connectivity index (χ1v) is 7.68. The number of ether oxygens (including phenoxy) is 1. The highest BCUT2D eigenvalue weighted by atomic mass is 19.4. The summed E-state index contributed by atoms with van der Waals surface area (Å²) in [5.74, 6) is -0.870. The Hall–Kier alpha value is -1.04. The Balaban J connectivity index is 1.98. The molecule has 2 saturated carbocycles. The normalized spacial score (nSPS) is 34.6. The molecule has 6 heteroatoms. The molecular weight excluding hydrogens is 297 g/mol. The van der Waals surface area contributed by atoms with Gasteiger partial charge in [0.05, 0.1) is 0 Å². The Kier molecular flexibility index (Phi) is 4.62. The summed E-state index contributed by atoms with van der Waals surface area (Å²) in [6.07, 6.45) is -2.25. The van der Waals surface area contributed by atoms with Gasteiger partial charge in [-0.3, -0.25) is 0 Å². The maximum absolute atomic E-state index is 13.0. The van der Waals surface area contributed by atoms with Crippen LogP contribution in [0.2, 0.25) is 0 Å². The van der Waals surface area contributed by atoms with Crippen molar-refractivity contribution in [3.05, 3.63) is 12.2 Å². The quantitative estimate of drug-likeness (QED) is 0.638. The van der Waals surface area contributed by atoms with Crippen molar-refractivity contribution in [3.8, 4) is 0 Å². The summed E-state index contributed by atoms with van der Waals surface area (Å²) in [5, 5.41) is 9.86. The number of carbonyl (C=O) groups excluding carboxylic acids is 1. The van der Waals surface area contributed by atoms with E-state index in [1.54, 1.807) is 6.92 Å². The number of rotatable bonds is 3. The standard InChI is InChI=1S/C16H23F3O3/c1-9(2)14(20)22-13-7-10-4-5-12(6-11(10)8-13)15(3,21)16(17,18)19/h10-13,21H,1,4-8H2,2-3H3. The van der Waals surface area contributed by atoms with Gasteiger partial charge < -0.3 is 9.84 Å². The van der Waals surface area contributed by atoms with Gasteiger partial charge in [0.15, 0.2) is 5.60 Å². The van der Waals surface area contributed by atoms with E-state index in [1.165, 1.54) is 0 Å². The third-order valence-electron chi connectivity index (χ3n) is 5.26. The lowest BCUT2D eigenvalue weighted by atomic mass is 9.69. The van der Waals surface area contributed by atoms with E-state index in [1.807, 2.05) is 0 Å². The van der Waals surface area contributed by atoms with E-state index in [9.17, 15) is 23.1 Å². The highest BCUT2D eigenvalue weighted by molar-refractivity contribution is 5.87. The van der Waals surface area contributed by atoms with Crippen LogP contribution in [0.15, 0.2) is 12.2 Å². The summed E-state index contributed by atoms with van der Waals surface area (Å²) >= 11 is 0. The molecule has 2 rings (SSSR count). The Bertz CT molecular complexity index is 456. The minimum Gasteiger partial charge on any atom is -0.459 e. The van der Waals surface area contributed by atoms with Crippen molar-refractivity contribution in [1.29, 1.82) is 0 Å². The fourth-order valence-electron chi connectivity index (χ4n) is 3.79. The molecule has 0 aromatic rings. The number of esters is 1.